The normalized spacial score (nSPS) is 18.7. The number of hydrazone groups is 1. The third kappa shape index (κ3) is 1.28. The van der Waals surface area contributed by atoms with E-state index in [0.717, 1.165) is 5.75 Å². The molecule has 0 atom stereocenters. The zero-order valence-electron chi connectivity index (χ0n) is 3.74. The molecule has 1 aliphatic rings. The van der Waals surface area contributed by atoms with Crippen molar-refractivity contribution in [2.45, 2.75) is 0 Å². The second-order valence-corrected chi connectivity index (χ2v) is 2.38. The number of thiol groups is 1. The Morgan fingerprint density at radius 3 is 3.14 bits per heavy atom. The van der Waals surface area contributed by atoms with Crippen LogP contribution >= 0.6 is 24.6 Å². The first kappa shape index (κ1) is 5.31. The Morgan fingerprint density at radius 2 is 2.86 bits per heavy atom. The van der Waals surface area contributed by atoms with Gasteiger partial charge in [-0.15, -0.1) is 0 Å². The molecule has 40 valence electrons. The predicted molar refractivity (Wildman–Crippen MR) is 36.6 cm³/mol. The standard InChI is InChI=1S/C3H6N2S2/c6-3-5-4-1-2-7-5/h1,6H,2-3H2. The topological polar surface area (TPSA) is 15.6 Å². The van der Waals surface area contributed by atoms with Crippen LogP contribution in [0, 0.1) is 0 Å². The van der Waals surface area contributed by atoms with Gasteiger partial charge in [-0.05, 0) is 11.9 Å². The molecule has 0 fully saturated rings. The molecule has 0 aromatic rings. The minimum Gasteiger partial charge on any atom is -0.229 e. The van der Waals surface area contributed by atoms with Gasteiger partial charge in [-0.1, -0.05) is 0 Å². The summed E-state index contributed by atoms with van der Waals surface area (Å²) >= 11 is 5.68. The lowest BCUT2D eigenvalue weighted by Crippen LogP contribution is -1.98. The zero-order chi connectivity index (χ0) is 5.11. The van der Waals surface area contributed by atoms with Crippen LogP contribution in [0.1, 0.15) is 0 Å². The molecule has 0 saturated heterocycles. The van der Waals surface area contributed by atoms with Crippen molar-refractivity contribution in [2.24, 2.45) is 5.10 Å². The van der Waals surface area contributed by atoms with Gasteiger partial charge in [0.1, 0.15) is 0 Å². The van der Waals surface area contributed by atoms with Gasteiger partial charge in [-0.25, -0.2) is 4.41 Å². The van der Waals surface area contributed by atoms with Crippen LogP contribution in [-0.2, 0) is 0 Å². The molecule has 0 aliphatic carbocycles. The monoisotopic (exact) mass is 134 g/mol. The van der Waals surface area contributed by atoms with E-state index in [9.17, 15) is 0 Å². The highest BCUT2D eigenvalue weighted by Crippen LogP contribution is 2.13. The first-order valence-corrected chi connectivity index (χ1v) is 3.55. The summed E-state index contributed by atoms with van der Waals surface area (Å²) < 4.78 is 1.84. The Morgan fingerprint density at radius 1 is 2.00 bits per heavy atom. The molecule has 0 N–H and O–H groups in total. The van der Waals surface area contributed by atoms with Crippen molar-refractivity contribution in [1.29, 1.82) is 0 Å². The molecule has 0 spiro atoms. The quantitative estimate of drug-likeness (QED) is 0.422. The fourth-order valence-electron chi connectivity index (χ4n) is 0.354. The maximum absolute atomic E-state index is 4.01. The van der Waals surface area contributed by atoms with E-state index in [1.807, 2.05) is 10.6 Å². The van der Waals surface area contributed by atoms with Gasteiger partial charge in [-0.2, -0.15) is 17.7 Å². The van der Waals surface area contributed by atoms with Gasteiger partial charge >= 0.3 is 0 Å². The molecular weight excluding hydrogens is 128 g/mol. The van der Waals surface area contributed by atoms with Crippen LogP contribution < -0.4 is 0 Å². The molecule has 1 heterocycles. The molecule has 0 aromatic carbocycles. The highest BCUT2D eigenvalue weighted by Gasteiger charge is 2.01. The summed E-state index contributed by atoms with van der Waals surface area (Å²) in [6, 6.07) is 0. The Hall–Kier alpha value is 0.170. The van der Waals surface area contributed by atoms with Crippen LogP contribution in [0.25, 0.3) is 0 Å². The van der Waals surface area contributed by atoms with E-state index in [1.54, 1.807) is 11.9 Å². The molecular formula is C3H6N2S2. The minimum atomic E-state index is 0.709. The fraction of sp³-hybridized carbons (Fsp3) is 0.667. The number of rotatable bonds is 1. The van der Waals surface area contributed by atoms with Gasteiger partial charge < -0.3 is 0 Å². The lowest BCUT2D eigenvalue weighted by molar-refractivity contribution is 0.609. The molecule has 0 unspecified atom stereocenters. The smallest absolute Gasteiger partial charge is 0.0907 e. The SMILES string of the molecule is SCN1N=CCS1. The summed E-state index contributed by atoms with van der Waals surface area (Å²) in [6.07, 6.45) is 1.88. The molecule has 1 aliphatic heterocycles. The van der Waals surface area contributed by atoms with Crippen LogP contribution in [0.3, 0.4) is 0 Å². The zero-order valence-corrected chi connectivity index (χ0v) is 5.45. The van der Waals surface area contributed by atoms with Crippen molar-refractivity contribution < 1.29 is 0 Å². The fourth-order valence-corrected chi connectivity index (χ4v) is 1.19. The molecule has 0 bridgehead atoms. The predicted octanol–water partition coefficient (Wildman–Crippen LogP) is 0.823. The molecule has 0 saturated carbocycles. The maximum atomic E-state index is 4.01. The first-order chi connectivity index (χ1) is 3.43. The van der Waals surface area contributed by atoms with Crippen molar-refractivity contribution in [1.82, 2.24) is 4.41 Å². The molecule has 0 radical (unpaired) electrons. The largest absolute Gasteiger partial charge is 0.229 e. The second-order valence-electron chi connectivity index (χ2n) is 1.09. The van der Waals surface area contributed by atoms with Gasteiger partial charge in [0.15, 0.2) is 0 Å². The van der Waals surface area contributed by atoms with E-state index in [2.05, 4.69) is 17.7 Å². The van der Waals surface area contributed by atoms with Crippen LogP contribution in [-0.4, -0.2) is 22.3 Å². The van der Waals surface area contributed by atoms with E-state index in [-0.39, 0.29) is 0 Å². The van der Waals surface area contributed by atoms with E-state index < -0.39 is 0 Å². The van der Waals surface area contributed by atoms with E-state index in [4.69, 9.17) is 0 Å². The van der Waals surface area contributed by atoms with Crippen molar-refractivity contribution in [2.75, 3.05) is 11.6 Å². The molecule has 0 aromatic heterocycles. The average Bonchev–Trinajstić information content (AvgIpc) is 2.14. The lowest BCUT2D eigenvalue weighted by atomic mass is 10.9. The highest BCUT2D eigenvalue weighted by atomic mass is 32.2. The lowest BCUT2D eigenvalue weighted by Gasteiger charge is -2.04. The van der Waals surface area contributed by atoms with E-state index in [1.165, 1.54) is 0 Å². The van der Waals surface area contributed by atoms with Gasteiger partial charge in [0.05, 0.1) is 11.6 Å². The number of nitrogens with zero attached hydrogens (tertiary/aromatic N) is 2. The Labute approximate surface area is 52.5 Å². The Kier molecular flexibility index (Phi) is 1.87. The number of hydrogen-bond donors (Lipinski definition) is 1. The summed E-state index contributed by atoms with van der Waals surface area (Å²) in [5.74, 6) is 1.71. The van der Waals surface area contributed by atoms with Crippen LogP contribution in [0.5, 0.6) is 0 Å². The third-order valence-electron chi connectivity index (χ3n) is 0.630. The molecule has 4 heteroatoms. The molecule has 0 amide bonds. The maximum Gasteiger partial charge on any atom is 0.0907 e. The van der Waals surface area contributed by atoms with E-state index in [0.29, 0.717) is 5.88 Å². The summed E-state index contributed by atoms with van der Waals surface area (Å²) in [6.45, 7) is 0. The van der Waals surface area contributed by atoms with Crippen molar-refractivity contribution in [3.05, 3.63) is 0 Å². The van der Waals surface area contributed by atoms with Gasteiger partial charge in [0.25, 0.3) is 0 Å². The number of hydrogen-bond acceptors (Lipinski definition) is 4. The highest BCUT2D eigenvalue weighted by molar-refractivity contribution is 7.98. The van der Waals surface area contributed by atoms with Crippen LogP contribution in [0.4, 0.5) is 0 Å². The Bertz CT molecular complexity index is 83.0. The van der Waals surface area contributed by atoms with Gasteiger partial charge in [0, 0.05) is 6.21 Å². The van der Waals surface area contributed by atoms with E-state index >= 15 is 0 Å². The molecule has 7 heavy (non-hydrogen) atoms. The van der Waals surface area contributed by atoms with Crippen LogP contribution in [0.15, 0.2) is 5.10 Å². The summed E-state index contributed by atoms with van der Waals surface area (Å²) in [7, 11) is 0. The summed E-state index contributed by atoms with van der Waals surface area (Å²) in [4.78, 5) is 0. The third-order valence-corrected chi connectivity index (χ3v) is 1.91. The van der Waals surface area contributed by atoms with Crippen molar-refractivity contribution in [3.63, 3.8) is 0 Å². The van der Waals surface area contributed by atoms with Gasteiger partial charge in [-0.3, -0.25) is 0 Å². The minimum absolute atomic E-state index is 0.709. The molecule has 2 nitrogen and oxygen atoms in total. The first-order valence-electron chi connectivity index (χ1n) is 1.97. The van der Waals surface area contributed by atoms with Crippen molar-refractivity contribution in [3.8, 4) is 0 Å². The summed E-state index contributed by atoms with van der Waals surface area (Å²) in [5.41, 5.74) is 0. The average molecular weight is 134 g/mol. The van der Waals surface area contributed by atoms with Crippen molar-refractivity contribution >= 4 is 30.8 Å². The summed E-state index contributed by atoms with van der Waals surface area (Å²) in [5, 5.41) is 3.95. The molecule has 1 rings (SSSR count). The Balaban J connectivity index is 2.28. The second kappa shape index (κ2) is 2.47. The van der Waals surface area contributed by atoms with Crippen LogP contribution in [0.2, 0.25) is 0 Å². The van der Waals surface area contributed by atoms with Gasteiger partial charge in [0.2, 0.25) is 0 Å².